The molecule has 0 radical (unpaired) electrons. The molecule has 5 aromatic carbocycles. The number of piperazine rings is 3. The van der Waals surface area contributed by atoms with Crippen LogP contribution in [-0.2, 0) is 60.9 Å². The van der Waals surface area contributed by atoms with Crippen molar-refractivity contribution in [2.75, 3.05) is 53.0 Å². The second-order valence-electron chi connectivity index (χ2n) is 23.2. The summed E-state index contributed by atoms with van der Waals surface area (Å²) in [4.78, 5) is 143. The van der Waals surface area contributed by atoms with Gasteiger partial charge in [-0.1, -0.05) is 121 Å². The molecule has 8 aliphatic rings. The Morgan fingerprint density at radius 3 is 1.80 bits per heavy atom. The van der Waals surface area contributed by atoms with Crippen LogP contribution in [0.15, 0.2) is 121 Å². The summed E-state index contributed by atoms with van der Waals surface area (Å²) in [5.41, 5.74) is 3.79. The first-order valence-electron chi connectivity index (χ1n) is 27.8. The molecule has 0 unspecified atom stereocenters. The lowest BCUT2D eigenvalue weighted by molar-refractivity contribution is -0.171. The largest absolute Gasteiger partial charge is 0.480 e. The van der Waals surface area contributed by atoms with Gasteiger partial charge >= 0.3 is 18.0 Å². The normalized spacial score (nSPS) is 29.0. The maximum Gasteiger partial charge on any atom is 0.408 e. The van der Waals surface area contributed by atoms with Crippen molar-refractivity contribution in [3.63, 3.8) is 0 Å². The molecular weight excluding hydrogens is 1050 g/mol. The zero-order chi connectivity index (χ0) is 57.0. The monoisotopic (exact) mass is 1110 g/mol. The van der Waals surface area contributed by atoms with Gasteiger partial charge in [-0.15, -0.1) is 0 Å². The van der Waals surface area contributed by atoms with Gasteiger partial charge in [-0.25, -0.2) is 9.59 Å². The predicted molar refractivity (Wildman–Crippen MR) is 292 cm³/mol. The molecule has 82 heavy (non-hydrogen) atoms. The second kappa shape index (κ2) is 19.5. The third-order valence-corrected chi connectivity index (χ3v) is 18.9. The molecular formula is C61H61N9O12. The van der Waals surface area contributed by atoms with Gasteiger partial charge in [0.1, 0.15) is 47.4 Å². The number of carboxylic acid groups (broad SMARTS) is 1. The summed E-state index contributed by atoms with van der Waals surface area (Å²) in [5, 5.41) is 17.4. The molecule has 1 aliphatic carbocycles. The minimum Gasteiger partial charge on any atom is -0.480 e. The van der Waals surface area contributed by atoms with E-state index in [9.17, 15) is 19.5 Å². The number of fused-ring (bicyclic) bond motifs is 7. The molecule has 13 rings (SSSR count). The Hall–Kier alpha value is -8.69. The molecule has 7 heterocycles. The Kier molecular flexibility index (Phi) is 12.5. The van der Waals surface area contributed by atoms with Crippen LogP contribution in [0.2, 0.25) is 0 Å². The van der Waals surface area contributed by atoms with Crippen LogP contribution >= 0.6 is 0 Å². The van der Waals surface area contributed by atoms with Gasteiger partial charge in [-0.2, -0.15) is 0 Å². The average Bonchev–Trinajstić information content (AvgIpc) is 3.42. The molecule has 8 atom stereocenters. The van der Waals surface area contributed by atoms with E-state index in [1.54, 1.807) is 30.3 Å². The van der Waals surface area contributed by atoms with Crippen molar-refractivity contribution < 1.29 is 57.7 Å². The van der Waals surface area contributed by atoms with Gasteiger partial charge < -0.3 is 60.3 Å². The van der Waals surface area contributed by atoms with E-state index < -0.39 is 119 Å². The smallest absolute Gasteiger partial charge is 0.408 e. The third-order valence-electron chi connectivity index (χ3n) is 18.9. The second-order valence-corrected chi connectivity index (χ2v) is 23.2. The number of carboxylic acids is 1. The first-order chi connectivity index (χ1) is 39.6. The van der Waals surface area contributed by atoms with Crippen LogP contribution in [0.3, 0.4) is 0 Å². The number of rotatable bonds is 12. The first-order valence-corrected chi connectivity index (χ1v) is 27.8. The molecule has 7 fully saturated rings. The lowest BCUT2D eigenvalue weighted by Crippen LogP contribution is -2.72. The minimum atomic E-state index is -1.98. The lowest BCUT2D eigenvalue weighted by Gasteiger charge is -2.49. The van der Waals surface area contributed by atoms with E-state index in [0.717, 1.165) is 40.1 Å². The fourth-order valence-electron chi connectivity index (χ4n) is 15.0. The molecule has 7 aliphatic heterocycles. The summed E-state index contributed by atoms with van der Waals surface area (Å²) < 4.78 is 11.3. The number of esters is 1. The van der Waals surface area contributed by atoms with Crippen LogP contribution in [0.25, 0.3) is 21.9 Å². The van der Waals surface area contributed by atoms with E-state index in [-0.39, 0.29) is 70.9 Å². The molecule has 21 heteroatoms. The van der Waals surface area contributed by atoms with E-state index in [4.69, 9.17) is 15.2 Å². The number of amides is 7. The Balaban J connectivity index is 0.861. The number of nitrogens with two attached hydrogens (primary N) is 1. The molecule has 7 saturated heterocycles. The van der Waals surface area contributed by atoms with Crippen molar-refractivity contribution in [3.8, 4) is 11.1 Å². The maximum absolute atomic E-state index is 16.3. The fourth-order valence-corrected chi connectivity index (χ4v) is 15.0. The van der Waals surface area contributed by atoms with E-state index in [2.05, 4.69) is 10.6 Å². The van der Waals surface area contributed by atoms with Crippen LogP contribution in [0.1, 0.15) is 60.3 Å². The lowest BCUT2D eigenvalue weighted by atomic mass is 9.84. The molecule has 7 amide bonds. The Morgan fingerprint density at radius 1 is 0.634 bits per heavy atom. The molecule has 21 nitrogen and oxygen atoms in total. The predicted octanol–water partition coefficient (Wildman–Crippen LogP) is 2.33. The molecule has 3 spiro atoms. The average molecular weight is 1110 g/mol. The number of alkyl carbamates (subject to hydrolysis) is 1. The highest BCUT2D eigenvalue weighted by Gasteiger charge is 2.74. The Morgan fingerprint density at radius 2 is 1.18 bits per heavy atom. The van der Waals surface area contributed by atoms with Gasteiger partial charge in [0.25, 0.3) is 17.7 Å². The number of nitrogens with zero attached hydrogens (tertiary/aromatic N) is 6. The molecule has 422 valence electrons. The van der Waals surface area contributed by atoms with E-state index in [0.29, 0.717) is 17.5 Å². The van der Waals surface area contributed by atoms with E-state index in [1.165, 1.54) is 29.4 Å². The fraction of sp³-hybridized carbons (Fsp3) is 0.393. The van der Waals surface area contributed by atoms with Gasteiger partial charge in [0, 0.05) is 57.8 Å². The number of ether oxygens (including phenoxy) is 2. The molecule has 0 bridgehead atoms. The zero-order valence-electron chi connectivity index (χ0n) is 45.0. The van der Waals surface area contributed by atoms with E-state index >= 15 is 28.8 Å². The van der Waals surface area contributed by atoms with Crippen LogP contribution in [-0.4, -0.2) is 187 Å². The van der Waals surface area contributed by atoms with Crippen molar-refractivity contribution in [1.29, 1.82) is 0 Å². The van der Waals surface area contributed by atoms with Crippen molar-refractivity contribution in [2.45, 2.75) is 97.4 Å². The molecule has 5 aromatic rings. The van der Waals surface area contributed by atoms with Gasteiger partial charge in [0.2, 0.25) is 17.7 Å². The number of nitrogens with one attached hydrogen (secondary N) is 2. The number of methoxy groups -OCH3 is 1. The molecule has 0 aromatic heterocycles. The summed E-state index contributed by atoms with van der Waals surface area (Å²) in [6.07, 6.45) is -1.96. The number of hydrogen-bond acceptors (Lipinski definition) is 13. The zero-order valence-corrected chi connectivity index (χ0v) is 45.0. The van der Waals surface area contributed by atoms with Gasteiger partial charge in [0.05, 0.1) is 26.7 Å². The summed E-state index contributed by atoms with van der Waals surface area (Å²) >= 11 is 0. The van der Waals surface area contributed by atoms with Crippen molar-refractivity contribution in [3.05, 3.63) is 144 Å². The third kappa shape index (κ3) is 7.75. The first kappa shape index (κ1) is 52.7. The standard InChI is InChI=1S/C61H61N9O12/c1-81-56(79)58(64-57(80)82-31-44-42-21-9-7-19-40(42)41-20-8-10-22-43(41)44)26-46-50(72)69(29-36-13-3-2-4-14-36)60(54(77)65(46)33-58)28-48-51(73)70(30-38-17-11-16-37-15-5-6-18-39(37)38)61(55(78)67(48)34-60)27-47-49(71)68(24-12-23-62)59(53(76)66(47)35-61)25-45(52(74)75)63-32-59/h2-11,13-22,44-48,63H,12,23-35,62H2,1H3,(H,64,80)(H,74,75)/t45-,46-,47-,48-,58-,59-,60-,61-/m0/s1. The molecule has 0 saturated carbocycles. The Bertz CT molecular complexity index is 3510. The number of benzene rings is 5. The van der Waals surface area contributed by atoms with Crippen LogP contribution < -0.4 is 16.4 Å². The van der Waals surface area contributed by atoms with Gasteiger partial charge in [-0.05, 0) is 57.1 Å². The summed E-state index contributed by atoms with van der Waals surface area (Å²) in [6, 6.07) is 32.7. The highest BCUT2D eigenvalue weighted by molar-refractivity contribution is 6.09. The SMILES string of the molecule is COC(=O)[C@]1(NC(=O)OCC2c3ccccc3-c3ccccc32)C[C@H]2C(=O)N(Cc3ccccc3)[C@]3(C[C@H]4C(=O)N(Cc5cccc6ccccc56)[C@]5(C[C@H]6C(=O)N(CCCN)[C@@]7(CN[C@H](C(=O)O)C7)C(=O)N6C5)C(=O)N4C3)C(=O)N2C1. The topological polar surface area (TPSA) is 262 Å². The van der Waals surface area contributed by atoms with Crippen LogP contribution in [0.5, 0.6) is 0 Å². The summed E-state index contributed by atoms with van der Waals surface area (Å²) in [5.74, 6) is -5.96. The number of carbonyl (C=O) groups excluding carboxylic acids is 8. The van der Waals surface area contributed by atoms with Crippen LogP contribution in [0.4, 0.5) is 4.79 Å². The number of hydrogen-bond donors (Lipinski definition) is 4. The minimum absolute atomic E-state index is 0.0408. The summed E-state index contributed by atoms with van der Waals surface area (Å²) in [7, 11) is 1.14. The van der Waals surface area contributed by atoms with Crippen molar-refractivity contribution >= 4 is 64.2 Å². The maximum atomic E-state index is 16.3. The van der Waals surface area contributed by atoms with Gasteiger partial charge in [0.15, 0.2) is 5.54 Å². The molecule has 5 N–H and O–H groups in total. The van der Waals surface area contributed by atoms with Crippen molar-refractivity contribution in [1.82, 2.24) is 40.0 Å². The van der Waals surface area contributed by atoms with Gasteiger partial charge in [-0.3, -0.25) is 33.6 Å². The highest BCUT2D eigenvalue weighted by Crippen LogP contribution is 2.52. The quantitative estimate of drug-likeness (QED) is 0.131. The highest BCUT2D eigenvalue weighted by atomic mass is 16.6. The van der Waals surface area contributed by atoms with Crippen molar-refractivity contribution in [2.24, 2.45) is 5.73 Å². The number of aliphatic carboxylic acids is 1. The van der Waals surface area contributed by atoms with Crippen LogP contribution in [0, 0.1) is 0 Å². The Labute approximate surface area is 471 Å². The summed E-state index contributed by atoms with van der Waals surface area (Å²) in [6.45, 7) is -1.73. The van der Waals surface area contributed by atoms with E-state index in [1.807, 2.05) is 91.0 Å². The number of carbonyl (C=O) groups is 9.